The predicted octanol–water partition coefficient (Wildman–Crippen LogP) is 8.15. The normalized spacial score (nSPS) is 21.7. The lowest BCUT2D eigenvalue weighted by molar-refractivity contribution is -0.126. The SMILES string of the molecule is Cc1ccc([C@@H]2CC(c3ccccc3)=N[C@H](c3ccccc3)[C@]23C(=O)N(c2ccccc2)N=C3c2ccccc2)cc1. The van der Waals surface area contributed by atoms with Gasteiger partial charge in [-0.25, -0.2) is 0 Å². The van der Waals surface area contributed by atoms with Crippen LogP contribution in [0.1, 0.15) is 46.2 Å². The van der Waals surface area contributed by atoms with E-state index in [1.54, 1.807) is 5.01 Å². The molecule has 2 aliphatic heterocycles. The second-order valence-corrected chi connectivity index (χ2v) is 11.1. The minimum Gasteiger partial charge on any atom is -0.279 e. The van der Waals surface area contributed by atoms with Crippen molar-refractivity contribution < 1.29 is 4.79 Å². The van der Waals surface area contributed by atoms with Crippen LogP contribution in [0, 0.1) is 12.3 Å². The summed E-state index contributed by atoms with van der Waals surface area (Å²) in [5.74, 6) is -0.265. The van der Waals surface area contributed by atoms with Crippen LogP contribution in [0.25, 0.3) is 0 Å². The molecule has 0 radical (unpaired) electrons. The van der Waals surface area contributed by atoms with Crippen LogP contribution < -0.4 is 5.01 Å². The van der Waals surface area contributed by atoms with Gasteiger partial charge in [0.05, 0.1) is 17.4 Å². The summed E-state index contributed by atoms with van der Waals surface area (Å²) in [6.07, 6.45) is 0.608. The van der Waals surface area contributed by atoms with Gasteiger partial charge >= 0.3 is 0 Å². The molecule has 2 heterocycles. The van der Waals surface area contributed by atoms with Gasteiger partial charge in [0.2, 0.25) is 0 Å². The van der Waals surface area contributed by atoms with Crippen molar-refractivity contribution in [3.8, 4) is 0 Å². The summed E-state index contributed by atoms with van der Waals surface area (Å²) >= 11 is 0. The lowest BCUT2D eigenvalue weighted by Gasteiger charge is -2.45. The number of rotatable bonds is 5. The zero-order chi connectivity index (χ0) is 28.5. The Morgan fingerprint density at radius 1 is 0.643 bits per heavy atom. The maximum atomic E-state index is 15.3. The summed E-state index contributed by atoms with van der Waals surface area (Å²) in [6.45, 7) is 2.10. The van der Waals surface area contributed by atoms with E-state index in [2.05, 4.69) is 79.7 Å². The van der Waals surface area contributed by atoms with Gasteiger partial charge in [-0.3, -0.25) is 9.79 Å². The molecular formula is C38H31N3O. The van der Waals surface area contributed by atoms with Crippen molar-refractivity contribution in [2.24, 2.45) is 15.5 Å². The maximum Gasteiger partial charge on any atom is 0.262 e. The van der Waals surface area contributed by atoms with E-state index in [1.807, 2.05) is 72.8 Å². The molecule has 2 aliphatic rings. The lowest BCUT2D eigenvalue weighted by atomic mass is 9.58. The first kappa shape index (κ1) is 25.8. The van der Waals surface area contributed by atoms with E-state index < -0.39 is 11.5 Å². The summed E-state index contributed by atoms with van der Waals surface area (Å²) in [7, 11) is 0. The molecule has 42 heavy (non-hydrogen) atoms. The van der Waals surface area contributed by atoms with Crippen LogP contribution in [0.2, 0.25) is 0 Å². The standard InChI is InChI=1S/C38H31N3O/c1-27-22-24-28(25-23-27)33-26-34(29-14-6-2-7-15-29)39-35(30-16-8-3-9-17-30)38(33)36(31-18-10-4-11-19-31)40-41(37(38)42)32-20-12-5-13-21-32/h2-25,33,35H,26H2,1H3/t33-,35+,38+/m0/s1. The largest absolute Gasteiger partial charge is 0.279 e. The van der Waals surface area contributed by atoms with Gasteiger partial charge in [0.1, 0.15) is 5.41 Å². The van der Waals surface area contributed by atoms with Gasteiger partial charge < -0.3 is 0 Å². The highest BCUT2D eigenvalue weighted by molar-refractivity contribution is 6.27. The number of amides is 1. The first-order valence-electron chi connectivity index (χ1n) is 14.4. The van der Waals surface area contributed by atoms with E-state index in [-0.39, 0.29) is 11.8 Å². The van der Waals surface area contributed by atoms with E-state index >= 15 is 4.79 Å². The number of carbonyl (C=O) groups excluding carboxylic acids is 1. The van der Waals surface area contributed by atoms with E-state index in [9.17, 15) is 0 Å². The van der Waals surface area contributed by atoms with Gasteiger partial charge in [-0.05, 0) is 47.7 Å². The number of anilines is 1. The van der Waals surface area contributed by atoms with E-state index in [0.717, 1.165) is 39.4 Å². The van der Waals surface area contributed by atoms with Crippen molar-refractivity contribution in [3.05, 3.63) is 173 Å². The minimum absolute atomic E-state index is 0.0529. The van der Waals surface area contributed by atoms with Crippen LogP contribution in [0.5, 0.6) is 0 Å². The molecule has 4 heteroatoms. The summed E-state index contributed by atoms with van der Waals surface area (Å²) in [5, 5.41) is 6.80. The zero-order valence-electron chi connectivity index (χ0n) is 23.5. The Labute approximate surface area is 246 Å². The number of hydrogen-bond acceptors (Lipinski definition) is 3. The molecule has 3 atom stereocenters. The van der Waals surface area contributed by atoms with Crippen molar-refractivity contribution in [1.29, 1.82) is 0 Å². The molecular weight excluding hydrogens is 514 g/mol. The number of aliphatic imine (C=N–C) groups is 1. The zero-order valence-corrected chi connectivity index (χ0v) is 23.5. The smallest absolute Gasteiger partial charge is 0.262 e. The van der Waals surface area contributed by atoms with Crippen LogP contribution in [0.4, 0.5) is 5.69 Å². The molecule has 0 unspecified atom stereocenters. The van der Waals surface area contributed by atoms with Crippen molar-refractivity contribution in [1.82, 2.24) is 0 Å². The molecule has 4 nitrogen and oxygen atoms in total. The molecule has 1 spiro atoms. The summed E-state index contributed by atoms with van der Waals surface area (Å²) in [4.78, 5) is 20.8. The number of para-hydroxylation sites is 1. The van der Waals surface area contributed by atoms with Gasteiger partial charge in [-0.15, -0.1) is 0 Å². The van der Waals surface area contributed by atoms with Crippen LogP contribution in [0.3, 0.4) is 0 Å². The van der Waals surface area contributed by atoms with Crippen molar-refractivity contribution >= 4 is 23.0 Å². The van der Waals surface area contributed by atoms with Crippen molar-refractivity contribution in [3.63, 3.8) is 0 Å². The van der Waals surface area contributed by atoms with Gasteiger partial charge in [0.15, 0.2) is 0 Å². The third-order valence-electron chi connectivity index (χ3n) is 8.55. The molecule has 5 aromatic rings. The maximum absolute atomic E-state index is 15.3. The topological polar surface area (TPSA) is 45.0 Å². The molecule has 5 aromatic carbocycles. The number of benzene rings is 5. The third kappa shape index (κ3) is 4.27. The number of hydrogen-bond donors (Lipinski definition) is 0. The quantitative estimate of drug-likeness (QED) is 0.220. The fraction of sp³-hybridized carbons (Fsp3) is 0.132. The fourth-order valence-electron chi connectivity index (χ4n) is 6.53. The average molecular weight is 546 g/mol. The number of nitrogens with zero attached hydrogens (tertiary/aromatic N) is 3. The molecule has 0 saturated carbocycles. The molecule has 0 aliphatic carbocycles. The molecule has 204 valence electrons. The van der Waals surface area contributed by atoms with Gasteiger partial charge in [0.25, 0.3) is 5.91 Å². The Kier molecular flexibility index (Phi) is 6.59. The monoisotopic (exact) mass is 545 g/mol. The molecule has 0 bridgehead atoms. The van der Waals surface area contributed by atoms with Gasteiger partial charge in [-0.1, -0.05) is 139 Å². The predicted molar refractivity (Wildman–Crippen MR) is 170 cm³/mol. The molecule has 0 N–H and O–H groups in total. The second kappa shape index (κ2) is 10.7. The van der Waals surface area contributed by atoms with Crippen LogP contribution in [-0.4, -0.2) is 17.3 Å². The Hall–Kier alpha value is -5.09. The third-order valence-corrected chi connectivity index (χ3v) is 8.55. The second-order valence-electron chi connectivity index (χ2n) is 11.1. The first-order valence-corrected chi connectivity index (χ1v) is 14.4. The highest BCUT2D eigenvalue weighted by atomic mass is 16.2. The highest BCUT2D eigenvalue weighted by Gasteiger charge is 2.63. The minimum atomic E-state index is -1.08. The molecule has 0 aromatic heterocycles. The Morgan fingerprint density at radius 2 is 1.19 bits per heavy atom. The fourth-order valence-corrected chi connectivity index (χ4v) is 6.53. The van der Waals surface area contributed by atoms with Gasteiger partial charge in [0, 0.05) is 11.6 Å². The first-order chi connectivity index (χ1) is 20.7. The van der Waals surface area contributed by atoms with Crippen LogP contribution >= 0.6 is 0 Å². The van der Waals surface area contributed by atoms with Crippen molar-refractivity contribution in [2.75, 3.05) is 5.01 Å². The van der Waals surface area contributed by atoms with Crippen molar-refractivity contribution in [2.45, 2.75) is 25.3 Å². The molecule has 0 saturated heterocycles. The van der Waals surface area contributed by atoms with Crippen LogP contribution in [0.15, 0.2) is 156 Å². The van der Waals surface area contributed by atoms with E-state index in [4.69, 9.17) is 10.1 Å². The highest BCUT2D eigenvalue weighted by Crippen LogP contribution is 2.58. The Morgan fingerprint density at radius 3 is 1.81 bits per heavy atom. The number of aryl methyl sites for hydroxylation is 1. The average Bonchev–Trinajstić information content (AvgIpc) is 3.36. The number of carbonyl (C=O) groups is 1. The van der Waals surface area contributed by atoms with E-state index in [1.165, 1.54) is 5.56 Å². The van der Waals surface area contributed by atoms with Crippen LogP contribution in [-0.2, 0) is 4.79 Å². The molecule has 7 rings (SSSR count). The summed E-state index contributed by atoms with van der Waals surface area (Å²) in [6, 6.07) is 48.7. The Bertz CT molecular complexity index is 1760. The van der Waals surface area contributed by atoms with Gasteiger partial charge in [-0.2, -0.15) is 10.1 Å². The molecule has 0 fully saturated rings. The number of hydrazone groups is 1. The lowest BCUT2D eigenvalue weighted by Crippen LogP contribution is -2.51. The summed E-state index contributed by atoms with van der Waals surface area (Å²) in [5.41, 5.74) is 6.72. The molecule has 1 amide bonds. The summed E-state index contributed by atoms with van der Waals surface area (Å²) < 4.78 is 0. The van der Waals surface area contributed by atoms with E-state index in [0.29, 0.717) is 6.42 Å². The Balaban J connectivity index is 1.55.